The van der Waals surface area contributed by atoms with Crippen LogP contribution >= 0.6 is 0 Å². The Bertz CT molecular complexity index is 1240. The van der Waals surface area contributed by atoms with Gasteiger partial charge in [-0.2, -0.15) is 0 Å². The molecule has 3 aromatic carbocycles. The summed E-state index contributed by atoms with van der Waals surface area (Å²) < 4.78 is 5.69. The molecule has 0 aliphatic heterocycles. The van der Waals surface area contributed by atoms with Crippen molar-refractivity contribution in [2.75, 3.05) is 17.2 Å². The van der Waals surface area contributed by atoms with E-state index in [4.69, 9.17) is 4.74 Å². The summed E-state index contributed by atoms with van der Waals surface area (Å²) in [7, 11) is 0. The predicted octanol–water partition coefficient (Wildman–Crippen LogP) is 6.17. The Morgan fingerprint density at radius 1 is 0.882 bits per heavy atom. The fourth-order valence-electron chi connectivity index (χ4n) is 3.52. The van der Waals surface area contributed by atoms with E-state index >= 15 is 0 Å². The monoisotopic (exact) mass is 452 g/mol. The van der Waals surface area contributed by atoms with Crippen molar-refractivity contribution in [3.63, 3.8) is 0 Å². The second-order valence-electron chi connectivity index (χ2n) is 7.90. The van der Waals surface area contributed by atoms with Gasteiger partial charge in [0.25, 0.3) is 0 Å². The van der Waals surface area contributed by atoms with Gasteiger partial charge in [0.05, 0.1) is 18.7 Å². The predicted molar refractivity (Wildman–Crippen MR) is 136 cm³/mol. The van der Waals surface area contributed by atoms with Gasteiger partial charge in [0, 0.05) is 23.0 Å². The number of anilines is 3. The minimum absolute atomic E-state index is 0.105. The van der Waals surface area contributed by atoms with E-state index in [1.165, 1.54) is 5.56 Å². The van der Waals surface area contributed by atoms with E-state index in [9.17, 15) is 4.79 Å². The van der Waals surface area contributed by atoms with Crippen molar-refractivity contribution in [2.45, 2.75) is 26.7 Å². The van der Waals surface area contributed by atoms with E-state index < -0.39 is 0 Å². The summed E-state index contributed by atoms with van der Waals surface area (Å²) >= 11 is 0. The summed E-state index contributed by atoms with van der Waals surface area (Å²) in [4.78, 5) is 21.4. The Hall–Kier alpha value is -4.19. The van der Waals surface area contributed by atoms with E-state index in [1.54, 1.807) is 0 Å². The Morgan fingerprint density at radius 2 is 1.65 bits per heavy atom. The van der Waals surface area contributed by atoms with Crippen molar-refractivity contribution in [1.82, 2.24) is 9.97 Å². The Morgan fingerprint density at radius 3 is 2.41 bits per heavy atom. The van der Waals surface area contributed by atoms with Gasteiger partial charge in [-0.25, -0.2) is 9.97 Å². The van der Waals surface area contributed by atoms with E-state index in [1.807, 2.05) is 91.9 Å². The molecule has 0 radical (unpaired) electrons. The zero-order valence-electron chi connectivity index (χ0n) is 19.4. The molecular weight excluding hydrogens is 424 g/mol. The number of rotatable bonds is 9. The van der Waals surface area contributed by atoms with Crippen molar-refractivity contribution in [3.05, 3.63) is 96.3 Å². The highest BCUT2D eigenvalue weighted by molar-refractivity contribution is 5.91. The van der Waals surface area contributed by atoms with Gasteiger partial charge in [0.2, 0.25) is 5.91 Å². The van der Waals surface area contributed by atoms with Gasteiger partial charge < -0.3 is 15.4 Å². The van der Waals surface area contributed by atoms with Gasteiger partial charge >= 0.3 is 0 Å². The molecule has 0 saturated carbocycles. The highest BCUT2D eigenvalue weighted by Gasteiger charge is 2.07. The Balaban J connectivity index is 1.34. The van der Waals surface area contributed by atoms with Crippen molar-refractivity contribution in [1.29, 1.82) is 0 Å². The lowest BCUT2D eigenvalue weighted by Gasteiger charge is -2.11. The number of amides is 1. The van der Waals surface area contributed by atoms with Crippen LogP contribution in [0.1, 0.15) is 24.7 Å². The first-order chi connectivity index (χ1) is 16.6. The Kier molecular flexibility index (Phi) is 7.50. The molecule has 0 aliphatic rings. The SMILES string of the molecule is CCc1ccc(OCCC(=O)Nc2cccc(Nc3cc(-c4ccccc4)nc(C)n3)c2)cc1. The average Bonchev–Trinajstić information content (AvgIpc) is 2.85. The highest BCUT2D eigenvalue weighted by Crippen LogP contribution is 2.23. The third-order valence-corrected chi connectivity index (χ3v) is 5.26. The van der Waals surface area contributed by atoms with Gasteiger partial charge in [0.1, 0.15) is 17.4 Å². The average molecular weight is 453 g/mol. The molecule has 0 spiro atoms. The molecule has 6 nitrogen and oxygen atoms in total. The third kappa shape index (κ3) is 6.42. The number of hydrogen-bond donors (Lipinski definition) is 2. The molecule has 0 aliphatic carbocycles. The zero-order chi connectivity index (χ0) is 23.8. The minimum Gasteiger partial charge on any atom is -0.493 e. The van der Waals surface area contributed by atoms with Crippen LogP contribution in [0.3, 0.4) is 0 Å². The molecule has 1 amide bonds. The number of nitrogens with zero attached hydrogens (tertiary/aromatic N) is 2. The molecule has 2 N–H and O–H groups in total. The molecule has 1 aromatic heterocycles. The summed E-state index contributed by atoms with van der Waals surface area (Å²) in [6.45, 7) is 4.30. The fourth-order valence-corrected chi connectivity index (χ4v) is 3.52. The van der Waals surface area contributed by atoms with Gasteiger partial charge in [0.15, 0.2) is 0 Å². The first kappa shape index (κ1) is 23.0. The summed E-state index contributed by atoms with van der Waals surface area (Å²) in [5.74, 6) is 2.03. The number of carbonyl (C=O) groups excluding carboxylic acids is 1. The lowest BCUT2D eigenvalue weighted by Crippen LogP contribution is -2.15. The van der Waals surface area contributed by atoms with E-state index in [-0.39, 0.29) is 12.3 Å². The van der Waals surface area contributed by atoms with E-state index in [2.05, 4.69) is 27.5 Å². The third-order valence-electron chi connectivity index (χ3n) is 5.26. The maximum absolute atomic E-state index is 12.4. The largest absolute Gasteiger partial charge is 0.493 e. The van der Waals surface area contributed by atoms with Crippen LogP contribution in [0.2, 0.25) is 0 Å². The topological polar surface area (TPSA) is 76.1 Å². The Labute approximate surface area is 200 Å². The van der Waals surface area contributed by atoms with Crippen LogP contribution in [0.4, 0.5) is 17.2 Å². The van der Waals surface area contributed by atoms with Crippen LogP contribution < -0.4 is 15.4 Å². The lowest BCUT2D eigenvalue weighted by molar-refractivity contribution is -0.116. The van der Waals surface area contributed by atoms with Crippen LogP contribution in [0, 0.1) is 6.92 Å². The molecule has 172 valence electrons. The summed E-state index contributed by atoms with van der Waals surface area (Å²) in [5, 5.41) is 6.24. The molecule has 0 fully saturated rings. The number of benzene rings is 3. The van der Waals surface area contributed by atoms with Gasteiger partial charge in [-0.05, 0) is 49.2 Å². The van der Waals surface area contributed by atoms with Crippen LogP contribution in [-0.2, 0) is 11.2 Å². The van der Waals surface area contributed by atoms with Crippen LogP contribution in [-0.4, -0.2) is 22.5 Å². The lowest BCUT2D eigenvalue weighted by atomic mass is 10.1. The number of ether oxygens (including phenoxy) is 1. The molecule has 0 unspecified atom stereocenters. The molecule has 34 heavy (non-hydrogen) atoms. The second-order valence-corrected chi connectivity index (χ2v) is 7.90. The summed E-state index contributed by atoms with van der Waals surface area (Å²) in [6, 6.07) is 27.4. The quantitative estimate of drug-likeness (QED) is 0.318. The van der Waals surface area contributed by atoms with Gasteiger partial charge in [-0.3, -0.25) is 4.79 Å². The standard InChI is InChI=1S/C28H28N4O2/c1-3-21-12-14-25(15-13-21)34-17-16-28(33)32-24-11-7-10-23(18-24)31-27-19-26(29-20(2)30-27)22-8-5-4-6-9-22/h4-15,18-19H,3,16-17H2,1-2H3,(H,32,33)(H,29,30,31). The number of aromatic nitrogens is 2. The highest BCUT2D eigenvalue weighted by atomic mass is 16.5. The van der Waals surface area contributed by atoms with E-state index in [0.29, 0.717) is 23.9 Å². The molecule has 0 bridgehead atoms. The van der Waals surface area contributed by atoms with Gasteiger partial charge in [-0.15, -0.1) is 0 Å². The molecule has 4 aromatic rings. The number of aryl methyl sites for hydroxylation is 2. The first-order valence-electron chi connectivity index (χ1n) is 11.4. The molecule has 0 atom stereocenters. The van der Waals surface area contributed by atoms with Crippen LogP contribution in [0.5, 0.6) is 5.75 Å². The smallest absolute Gasteiger partial charge is 0.227 e. The molecule has 4 rings (SSSR count). The molecule has 1 heterocycles. The van der Waals surface area contributed by atoms with E-state index in [0.717, 1.165) is 29.1 Å². The van der Waals surface area contributed by atoms with Crippen molar-refractivity contribution >= 4 is 23.1 Å². The second kappa shape index (κ2) is 11.1. The van der Waals surface area contributed by atoms with Crippen molar-refractivity contribution in [3.8, 4) is 17.0 Å². The molecular formula is C28H28N4O2. The zero-order valence-corrected chi connectivity index (χ0v) is 19.4. The summed E-state index contributed by atoms with van der Waals surface area (Å²) in [5.41, 5.74) is 4.66. The van der Waals surface area contributed by atoms with Crippen LogP contribution in [0.15, 0.2) is 84.9 Å². The molecule has 6 heteroatoms. The first-order valence-corrected chi connectivity index (χ1v) is 11.4. The van der Waals surface area contributed by atoms with Crippen molar-refractivity contribution in [2.24, 2.45) is 0 Å². The number of hydrogen-bond acceptors (Lipinski definition) is 5. The fraction of sp³-hybridized carbons (Fsp3) is 0.179. The van der Waals surface area contributed by atoms with Gasteiger partial charge in [-0.1, -0.05) is 55.5 Å². The normalized spacial score (nSPS) is 10.5. The van der Waals surface area contributed by atoms with Crippen LogP contribution in [0.25, 0.3) is 11.3 Å². The molecule has 0 saturated heterocycles. The maximum atomic E-state index is 12.4. The van der Waals surface area contributed by atoms with Crippen molar-refractivity contribution < 1.29 is 9.53 Å². The number of nitrogens with one attached hydrogen (secondary N) is 2. The number of carbonyl (C=O) groups is 1. The minimum atomic E-state index is -0.105. The summed E-state index contributed by atoms with van der Waals surface area (Å²) in [6.07, 6.45) is 1.25. The maximum Gasteiger partial charge on any atom is 0.227 e.